The van der Waals surface area contributed by atoms with Crippen molar-refractivity contribution in [3.05, 3.63) is 0 Å². The van der Waals surface area contributed by atoms with E-state index in [9.17, 15) is 0 Å². The fraction of sp³-hybridized carbons (Fsp3) is 1.00. The molecule has 0 aromatic rings. The molecule has 0 amide bonds. The van der Waals surface area contributed by atoms with Gasteiger partial charge in [-0.2, -0.15) is 9.78 Å². The summed E-state index contributed by atoms with van der Waals surface area (Å²) in [7, 11) is 1.38. The van der Waals surface area contributed by atoms with E-state index >= 15 is 0 Å². The highest BCUT2D eigenvalue weighted by atomic mass is 28.1. The molecule has 2 nitrogen and oxygen atoms in total. The Bertz CT molecular complexity index is 200. The van der Waals surface area contributed by atoms with Gasteiger partial charge in [0, 0.05) is 15.7 Å². The molecule has 3 heteroatoms. The summed E-state index contributed by atoms with van der Waals surface area (Å²) in [6, 6.07) is 0. The van der Waals surface area contributed by atoms with E-state index in [1.807, 2.05) is 0 Å². The summed E-state index contributed by atoms with van der Waals surface area (Å²) in [5, 5.41) is 0.869. The van der Waals surface area contributed by atoms with Crippen LogP contribution in [0.15, 0.2) is 0 Å². The Balaban J connectivity index is 1.90. The lowest BCUT2D eigenvalue weighted by molar-refractivity contribution is 0.0850. The third-order valence-corrected chi connectivity index (χ3v) is 5.90. The molecule has 4 aliphatic carbocycles. The van der Waals surface area contributed by atoms with Crippen molar-refractivity contribution >= 4 is 10.2 Å². The van der Waals surface area contributed by atoms with Gasteiger partial charge in [-0.3, -0.25) is 0 Å². The first-order valence-electron chi connectivity index (χ1n) is 3.16. The van der Waals surface area contributed by atoms with E-state index in [-0.39, 0.29) is 6.29 Å². The first kappa shape index (κ1) is 3.34. The van der Waals surface area contributed by atoms with Gasteiger partial charge in [0.05, 0.1) is 0 Å². The van der Waals surface area contributed by atoms with Crippen LogP contribution in [0.3, 0.4) is 0 Å². The maximum absolute atomic E-state index is 4.79. The Kier molecular flexibility index (Phi) is 0.210. The van der Waals surface area contributed by atoms with Gasteiger partial charge in [0.1, 0.15) is 0 Å². The van der Waals surface area contributed by atoms with Gasteiger partial charge in [0.2, 0.25) is 6.29 Å². The number of hydrogen-bond acceptors (Lipinski definition) is 2. The molecule has 4 saturated carbocycles. The Morgan fingerprint density at radius 2 is 1.75 bits per heavy atom. The van der Waals surface area contributed by atoms with Crippen molar-refractivity contribution < 1.29 is 9.78 Å². The van der Waals surface area contributed by atoms with E-state index in [4.69, 9.17) is 9.78 Å². The molecule has 5 fully saturated rings. The van der Waals surface area contributed by atoms with Crippen molar-refractivity contribution in [3.8, 4) is 0 Å². The van der Waals surface area contributed by atoms with Gasteiger partial charge < -0.3 is 0 Å². The minimum absolute atomic E-state index is 0.273. The third-order valence-electron chi connectivity index (χ3n) is 3.79. The lowest BCUT2D eigenvalue weighted by Crippen LogP contribution is -1.87. The highest BCUT2D eigenvalue weighted by Gasteiger charge is 3.20. The molecule has 2 unspecified atom stereocenters. The standard InChI is InChI=1S/C5H6O2Si/c8-5-1-2(5)4(1,5)3-6-7-3/h1-3H,8H3. The summed E-state index contributed by atoms with van der Waals surface area (Å²) >= 11 is 0. The number of rotatable bonds is 1. The van der Waals surface area contributed by atoms with Crippen LogP contribution in [0.2, 0.25) is 5.04 Å². The van der Waals surface area contributed by atoms with Gasteiger partial charge in [0.15, 0.2) is 0 Å². The van der Waals surface area contributed by atoms with Gasteiger partial charge in [-0.1, -0.05) is 0 Å². The van der Waals surface area contributed by atoms with Crippen LogP contribution in [0.4, 0.5) is 0 Å². The zero-order valence-electron chi connectivity index (χ0n) is 4.55. The summed E-state index contributed by atoms with van der Waals surface area (Å²) in [6.07, 6.45) is 0.273. The Morgan fingerprint density at radius 3 is 1.88 bits per heavy atom. The predicted octanol–water partition coefficient (Wildman–Crippen LogP) is -0.942. The molecule has 5 rings (SSSR count). The zero-order chi connectivity index (χ0) is 5.15. The van der Waals surface area contributed by atoms with Gasteiger partial charge >= 0.3 is 0 Å². The molecule has 42 valence electrons. The second-order valence-corrected chi connectivity index (χ2v) is 5.35. The molecule has 0 radical (unpaired) electrons. The third kappa shape index (κ3) is 0.111. The maximum atomic E-state index is 4.79. The van der Waals surface area contributed by atoms with Crippen LogP contribution in [0, 0.1) is 17.3 Å². The molecule has 0 aromatic heterocycles. The molecule has 0 bridgehead atoms. The lowest BCUT2D eigenvalue weighted by Gasteiger charge is -1.73. The normalized spacial score (nSPS) is 88.5. The molecule has 0 aromatic carbocycles. The highest BCUT2D eigenvalue weighted by molar-refractivity contribution is 6.29. The molecule has 2 atom stereocenters. The first-order chi connectivity index (χ1) is 3.84. The summed E-state index contributed by atoms with van der Waals surface area (Å²) in [6.45, 7) is 0. The van der Waals surface area contributed by atoms with Crippen molar-refractivity contribution in [1.29, 1.82) is 0 Å². The predicted molar refractivity (Wildman–Crippen MR) is 28.0 cm³/mol. The molecule has 1 heterocycles. The largest absolute Gasteiger partial charge is 0.230 e. The van der Waals surface area contributed by atoms with E-state index < -0.39 is 0 Å². The first-order valence-corrected chi connectivity index (χ1v) is 4.16. The zero-order valence-corrected chi connectivity index (χ0v) is 6.55. The van der Waals surface area contributed by atoms with E-state index in [0.717, 1.165) is 16.9 Å². The average Bonchev–Trinajstić information content (AvgIpc) is 2.46. The van der Waals surface area contributed by atoms with E-state index in [2.05, 4.69) is 0 Å². The molecule has 8 heavy (non-hydrogen) atoms. The molecular weight excluding hydrogens is 120 g/mol. The smallest absolute Gasteiger partial charge is 0.198 e. The van der Waals surface area contributed by atoms with Crippen LogP contribution in [0.1, 0.15) is 0 Å². The van der Waals surface area contributed by atoms with Crippen molar-refractivity contribution in [2.75, 3.05) is 0 Å². The lowest BCUT2D eigenvalue weighted by atomic mass is 10.4. The van der Waals surface area contributed by atoms with Crippen molar-refractivity contribution in [2.24, 2.45) is 17.3 Å². The van der Waals surface area contributed by atoms with Crippen LogP contribution in [-0.2, 0) is 9.78 Å². The van der Waals surface area contributed by atoms with Gasteiger partial charge in [-0.25, -0.2) is 0 Å². The van der Waals surface area contributed by atoms with Crippen LogP contribution >= 0.6 is 0 Å². The highest BCUT2D eigenvalue weighted by Crippen LogP contribution is 3.23. The minimum atomic E-state index is 0.273. The Morgan fingerprint density at radius 1 is 1.25 bits per heavy atom. The van der Waals surface area contributed by atoms with Gasteiger partial charge in [0.25, 0.3) is 0 Å². The molecule has 0 N–H and O–H groups in total. The SMILES string of the molecule is [SiH3]C12C3C1C32C1OO1. The van der Waals surface area contributed by atoms with E-state index in [1.54, 1.807) is 0 Å². The topological polar surface area (TPSA) is 25.1 Å². The van der Waals surface area contributed by atoms with Gasteiger partial charge in [-0.15, -0.1) is 0 Å². The monoisotopic (exact) mass is 126 g/mol. The molecule has 5 aliphatic rings. The molecular formula is C5H6O2Si. The van der Waals surface area contributed by atoms with Crippen molar-refractivity contribution in [2.45, 2.75) is 11.3 Å². The van der Waals surface area contributed by atoms with E-state index in [1.165, 1.54) is 10.2 Å². The van der Waals surface area contributed by atoms with Crippen molar-refractivity contribution in [3.63, 3.8) is 0 Å². The van der Waals surface area contributed by atoms with Gasteiger partial charge in [-0.05, 0) is 16.9 Å². The summed E-state index contributed by atoms with van der Waals surface area (Å²) in [4.78, 5) is 9.57. The van der Waals surface area contributed by atoms with Crippen molar-refractivity contribution in [1.82, 2.24) is 0 Å². The summed E-state index contributed by atoms with van der Waals surface area (Å²) < 4.78 is 0. The molecule has 0 spiro atoms. The Labute approximate surface area is 49.5 Å². The average molecular weight is 126 g/mol. The molecule has 1 saturated heterocycles. The maximum Gasteiger partial charge on any atom is 0.230 e. The fourth-order valence-corrected chi connectivity index (χ4v) is 4.86. The second-order valence-electron chi connectivity index (χ2n) is 3.70. The minimum Gasteiger partial charge on any atom is -0.198 e. The summed E-state index contributed by atoms with van der Waals surface area (Å²) in [5.74, 6) is 2.18. The molecule has 1 aliphatic heterocycles. The fourth-order valence-electron chi connectivity index (χ4n) is 2.84. The van der Waals surface area contributed by atoms with Crippen LogP contribution < -0.4 is 0 Å². The van der Waals surface area contributed by atoms with Crippen LogP contribution in [-0.4, -0.2) is 16.5 Å². The Hall–Kier alpha value is 0.137. The van der Waals surface area contributed by atoms with Crippen LogP contribution in [0.5, 0.6) is 0 Å². The second kappa shape index (κ2) is 0.502. The van der Waals surface area contributed by atoms with Crippen LogP contribution in [0.25, 0.3) is 0 Å². The quantitative estimate of drug-likeness (QED) is 0.257. The summed E-state index contributed by atoms with van der Waals surface area (Å²) in [5.41, 5.74) is 0.666. The number of hydrogen-bond donors (Lipinski definition) is 0. The van der Waals surface area contributed by atoms with E-state index in [0.29, 0.717) is 5.41 Å².